The van der Waals surface area contributed by atoms with Gasteiger partial charge < -0.3 is 15.4 Å². The van der Waals surface area contributed by atoms with E-state index in [2.05, 4.69) is 11.9 Å². The zero-order valence-corrected chi connectivity index (χ0v) is 10.6. The van der Waals surface area contributed by atoms with Crippen molar-refractivity contribution in [1.82, 2.24) is 4.90 Å². The molecule has 0 radical (unpaired) electrons. The predicted octanol–water partition coefficient (Wildman–Crippen LogP) is 2.01. The highest BCUT2D eigenvalue weighted by atomic mass is 16.5. The molecule has 3 nitrogen and oxygen atoms in total. The highest BCUT2D eigenvalue weighted by Gasteiger charge is 2.25. The minimum atomic E-state index is 0.571. The largest absolute Gasteiger partial charge is 0.494 e. The zero-order chi connectivity index (χ0) is 12.1. The van der Waals surface area contributed by atoms with Crippen molar-refractivity contribution in [3.8, 4) is 5.75 Å². The molecule has 0 heterocycles. The Kier molecular flexibility index (Phi) is 4.40. The average molecular weight is 234 g/mol. The van der Waals surface area contributed by atoms with Crippen molar-refractivity contribution in [3.63, 3.8) is 0 Å². The fraction of sp³-hybridized carbons (Fsp3) is 0.571. The minimum Gasteiger partial charge on any atom is -0.494 e. The lowest BCUT2D eigenvalue weighted by Gasteiger charge is -2.15. The van der Waals surface area contributed by atoms with Crippen LogP contribution >= 0.6 is 0 Å². The van der Waals surface area contributed by atoms with Crippen LogP contribution in [-0.2, 0) is 6.54 Å². The van der Waals surface area contributed by atoms with Gasteiger partial charge in [-0.2, -0.15) is 0 Å². The van der Waals surface area contributed by atoms with Crippen LogP contribution in [0.15, 0.2) is 24.3 Å². The van der Waals surface area contributed by atoms with Gasteiger partial charge >= 0.3 is 0 Å². The van der Waals surface area contributed by atoms with Crippen molar-refractivity contribution in [2.75, 3.05) is 20.2 Å². The second-order valence-electron chi connectivity index (χ2n) is 4.77. The van der Waals surface area contributed by atoms with Gasteiger partial charge in [-0.25, -0.2) is 0 Å². The topological polar surface area (TPSA) is 38.5 Å². The molecule has 0 aromatic heterocycles. The third-order valence-electron chi connectivity index (χ3n) is 3.23. The number of ether oxygens (including phenoxy) is 1. The number of nitrogens with zero attached hydrogens (tertiary/aromatic N) is 1. The van der Waals surface area contributed by atoms with E-state index >= 15 is 0 Å². The monoisotopic (exact) mass is 234 g/mol. The molecule has 1 fully saturated rings. The Hall–Kier alpha value is -1.06. The van der Waals surface area contributed by atoms with Gasteiger partial charge in [-0.15, -0.1) is 0 Å². The molecule has 1 aromatic carbocycles. The summed E-state index contributed by atoms with van der Waals surface area (Å²) >= 11 is 0. The standard InChI is InChI=1S/C14H22N2O/c1-16(13-6-7-13)8-3-9-17-14-5-2-4-12(10-14)11-15/h2,4-5,10,13H,3,6-9,11,15H2,1H3. The minimum absolute atomic E-state index is 0.571. The maximum absolute atomic E-state index is 5.72. The van der Waals surface area contributed by atoms with E-state index in [1.165, 1.54) is 12.8 Å². The van der Waals surface area contributed by atoms with Crippen LogP contribution in [0.3, 0.4) is 0 Å². The van der Waals surface area contributed by atoms with Crippen LogP contribution in [-0.4, -0.2) is 31.1 Å². The SMILES string of the molecule is CN(CCCOc1cccc(CN)c1)C1CC1. The maximum Gasteiger partial charge on any atom is 0.119 e. The van der Waals surface area contributed by atoms with Crippen LogP contribution in [0.2, 0.25) is 0 Å². The Morgan fingerprint density at radius 2 is 2.24 bits per heavy atom. The first-order valence-electron chi connectivity index (χ1n) is 6.41. The third kappa shape index (κ3) is 4.02. The van der Waals surface area contributed by atoms with E-state index in [4.69, 9.17) is 10.5 Å². The van der Waals surface area contributed by atoms with Crippen LogP contribution in [0.1, 0.15) is 24.8 Å². The molecule has 94 valence electrons. The van der Waals surface area contributed by atoms with Crippen molar-refractivity contribution < 1.29 is 4.74 Å². The Balaban J connectivity index is 1.66. The molecule has 1 aliphatic rings. The van der Waals surface area contributed by atoms with Crippen LogP contribution in [0.4, 0.5) is 0 Å². The van der Waals surface area contributed by atoms with E-state index < -0.39 is 0 Å². The summed E-state index contributed by atoms with van der Waals surface area (Å²) in [6, 6.07) is 8.87. The number of benzene rings is 1. The lowest BCUT2D eigenvalue weighted by Crippen LogP contribution is -2.23. The molecule has 1 aliphatic carbocycles. The molecule has 1 aromatic rings. The highest BCUT2D eigenvalue weighted by Crippen LogP contribution is 2.25. The number of rotatable bonds is 7. The Labute approximate surface area is 104 Å². The molecule has 3 heteroatoms. The first-order valence-corrected chi connectivity index (χ1v) is 6.41. The van der Waals surface area contributed by atoms with Gasteiger partial charge in [0.1, 0.15) is 5.75 Å². The van der Waals surface area contributed by atoms with E-state index in [1.54, 1.807) is 0 Å². The summed E-state index contributed by atoms with van der Waals surface area (Å²) in [4.78, 5) is 2.43. The molecule has 2 N–H and O–H groups in total. The molecule has 0 amide bonds. The second kappa shape index (κ2) is 6.03. The fourth-order valence-corrected chi connectivity index (χ4v) is 1.96. The normalized spacial score (nSPS) is 15.2. The summed E-state index contributed by atoms with van der Waals surface area (Å²) in [5, 5.41) is 0. The van der Waals surface area contributed by atoms with E-state index in [-0.39, 0.29) is 0 Å². The lowest BCUT2D eigenvalue weighted by molar-refractivity contribution is 0.258. The van der Waals surface area contributed by atoms with E-state index in [0.29, 0.717) is 6.54 Å². The van der Waals surface area contributed by atoms with Crippen molar-refractivity contribution in [3.05, 3.63) is 29.8 Å². The molecule has 0 atom stereocenters. The number of hydrogen-bond donors (Lipinski definition) is 1. The van der Waals surface area contributed by atoms with Gasteiger partial charge in [0, 0.05) is 19.1 Å². The van der Waals surface area contributed by atoms with Crippen LogP contribution < -0.4 is 10.5 Å². The van der Waals surface area contributed by atoms with Crippen LogP contribution in [0, 0.1) is 0 Å². The Morgan fingerprint density at radius 1 is 1.41 bits per heavy atom. The second-order valence-corrected chi connectivity index (χ2v) is 4.77. The summed E-state index contributed by atoms with van der Waals surface area (Å²) in [5.74, 6) is 0.932. The maximum atomic E-state index is 5.72. The molecule has 0 unspecified atom stereocenters. The highest BCUT2D eigenvalue weighted by molar-refractivity contribution is 5.28. The predicted molar refractivity (Wildman–Crippen MR) is 70.1 cm³/mol. The number of nitrogens with two attached hydrogens (primary N) is 1. The van der Waals surface area contributed by atoms with Gasteiger partial charge in [0.2, 0.25) is 0 Å². The molecular formula is C14H22N2O. The van der Waals surface area contributed by atoms with Crippen molar-refractivity contribution >= 4 is 0 Å². The smallest absolute Gasteiger partial charge is 0.119 e. The van der Waals surface area contributed by atoms with Crippen LogP contribution in [0.5, 0.6) is 5.75 Å². The van der Waals surface area contributed by atoms with E-state index in [9.17, 15) is 0 Å². The summed E-state index contributed by atoms with van der Waals surface area (Å²) in [7, 11) is 2.20. The fourth-order valence-electron chi connectivity index (χ4n) is 1.96. The lowest BCUT2D eigenvalue weighted by atomic mass is 10.2. The molecule has 17 heavy (non-hydrogen) atoms. The van der Waals surface area contributed by atoms with Gasteiger partial charge in [-0.05, 0) is 44.0 Å². The average Bonchev–Trinajstić information content (AvgIpc) is 3.19. The van der Waals surface area contributed by atoms with Gasteiger partial charge in [0.15, 0.2) is 0 Å². The Bertz CT molecular complexity index is 350. The van der Waals surface area contributed by atoms with Gasteiger partial charge in [0.25, 0.3) is 0 Å². The van der Waals surface area contributed by atoms with Gasteiger partial charge in [-0.1, -0.05) is 12.1 Å². The van der Waals surface area contributed by atoms with E-state index in [1.807, 2.05) is 24.3 Å². The summed E-state index contributed by atoms with van der Waals surface area (Å²) < 4.78 is 5.72. The molecular weight excluding hydrogens is 212 g/mol. The first-order chi connectivity index (χ1) is 8.29. The zero-order valence-electron chi connectivity index (χ0n) is 10.6. The van der Waals surface area contributed by atoms with Crippen molar-refractivity contribution in [1.29, 1.82) is 0 Å². The summed E-state index contributed by atoms with van der Waals surface area (Å²) in [6.07, 6.45) is 3.83. The first kappa shape index (κ1) is 12.4. The number of hydrogen-bond acceptors (Lipinski definition) is 3. The molecule has 2 rings (SSSR count). The van der Waals surface area contributed by atoms with Gasteiger partial charge in [-0.3, -0.25) is 0 Å². The quantitative estimate of drug-likeness (QED) is 0.733. The molecule has 0 aliphatic heterocycles. The van der Waals surface area contributed by atoms with Gasteiger partial charge in [0.05, 0.1) is 6.61 Å². The van der Waals surface area contributed by atoms with Crippen molar-refractivity contribution in [2.45, 2.75) is 31.8 Å². The molecule has 0 spiro atoms. The summed E-state index contributed by atoms with van der Waals surface area (Å²) in [6.45, 7) is 2.48. The van der Waals surface area contributed by atoms with E-state index in [0.717, 1.165) is 36.9 Å². The molecule has 0 saturated heterocycles. The molecule has 1 saturated carbocycles. The third-order valence-corrected chi connectivity index (χ3v) is 3.23. The molecule has 0 bridgehead atoms. The Morgan fingerprint density at radius 3 is 2.94 bits per heavy atom. The summed E-state index contributed by atoms with van der Waals surface area (Å²) in [5.41, 5.74) is 6.71. The van der Waals surface area contributed by atoms with Crippen LogP contribution in [0.25, 0.3) is 0 Å². The van der Waals surface area contributed by atoms with Crippen molar-refractivity contribution in [2.24, 2.45) is 5.73 Å².